The number of halogens is 1. The minimum Gasteiger partial charge on any atom is -0.490 e. The molecule has 4 aliphatic heterocycles. The smallest absolute Gasteiger partial charge is 0.330 e. The Kier molecular flexibility index (Phi) is 9.97. The largest absolute Gasteiger partial charge is 0.490 e. The number of carbonyl (C=O) groups excluding carboxylic acids is 2. The zero-order valence-corrected chi connectivity index (χ0v) is 31.0. The van der Waals surface area contributed by atoms with Gasteiger partial charge in [-0.3, -0.25) is 9.52 Å². The molecule has 0 radical (unpaired) electrons. The number of hydrogen-bond donors (Lipinski definition) is 1. The van der Waals surface area contributed by atoms with Gasteiger partial charge in [0.2, 0.25) is 0 Å². The van der Waals surface area contributed by atoms with E-state index in [1.807, 2.05) is 25.1 Å². The molecule has 0 saturated carbocycles. The molecule has 3 unspecified atom stereocenters. The molecule has 1 spiro atoms. The van der Waals surface area contributed by atoms with Crippen molar-refractivity contribution in [1.29, 1.82) is 0 Å². The average Bonchev–Trinajstić information content (AvgIpc) is 3.22. The Morgan fingerprint density at radius 2 is 1.94 bits per heavy atom. The van der Waals surface area contributed by atoms with Crippen LogP contribution in [0.15, 0.2) is 52.9 Å². The summed E-state index contributed by atoms with van der Waals surface area (Å²) in [5, 5.41) is 0.737. The van der Waals surface area contributed by atoms with Crippen molar-refractivity contribution in [2.75, 3.05) is 50.7 Å². The molecule has 4 bridgehead atoms. The summed E-state index contributed by atoms with van der Waals surface area (Å²) in [4.78, 5) is 31.5. The van der Waals surface area contributed by atoms with E-state index in [0.717, 1.165) is 36.4 Å². The van der Waals surface area contributed by atoms with Crippen molar-refractivity contribution < 1.29 is 28.0 Å². The molecule has 7 rings (SSSR count). The molecule has 10 nitrogen and oxygen atoms in total. The van der Waals surface area contributed by atoms with E-state index in [1.54, 1.807) is 18.1 Å². The molecule has 2 saturated heterocycles. The molecule has 270 valence electrons. The van der Waals surface area contributed by atoms with Gasteiger partial charge in [-0.05, 0) is 91.3 Å². The highest BCUT2D eigenvalue weighted by Crippen LogP contribution is 2.45. The van der Waals surface area contributed by atoms with E-state index in [-0.39, 0.29) is 47.1 Å². The van der Waals surface area contributed by atoms with E-state index in [2.05, 4.69) is 52.1 Å². The standard InChI is InChI=1S/C38H49ClN4O6S/c1-24-7-5-9-34(47-4)26(3)25(2)18-42-22-38(14-6-8-27-15-29(39)11-12-32(27)38)23-49-35-13-10-28(16-33(35)42)36(44)40-50(46,21-24)41-37(45)43-30-17-31(43)20-48-19-30/h5,9-13,15-16,24-26,30-31,34H,6-8,14,17-23H2,1-4H3,(H,40,41,44,45,46)/b9-5+/t24-,25-,26+,30?,31?,34-,38-,50?/m0/s1. The Morgan fingerprint density at radius 3 is 2.70 bits per heavy atom. The predicted octanol–water partition coefficient (Wildman–Crippen LogP) is 6.40. The molecule has 8 atom stereocenters. The van der Waals surface area contributed by atoms with Gasteiger partial charge in [0.15, 0.2) is 0 Å². The van der Waals surface area contributed by atoms with Gasteiger partial charge in [-0.25, -0.2) is 9.00 Å². The van der Waals surface area contributed by atoms with Gasteiger partial charge in [0.25, 0.3) is 5.91 Å². The third-order valence-electron chi connectivity index (χ3n) is 11.5. The van der Waals surface area contributed by atoms with Gasteiger partial charge < -0.3 is 24.0 Å². The maximum Gasteiger partial charge on any atom is 0.330 e. The van der Waals surface area contributed by atoms with Crippen molar-refractivity contribution in [2.24, 2.45) is 22.1 Å². The summed E-state index contributed by atoms with van der Waals surface area (Å²) in [6, 6.07) is 11.0. The minimum absolute atomic E-state index is 0.0320. The summed E-state index contributed by atoms with van der Waals surface area (Å²) in [5.41, 5.74) is 3.35. The van der Waals surface area contributed by atoms with Gasteiger partial charge >= 0.3 is 6.03 Å². The zero-order chi connectivity index (χ0) is 35.2. The number of ether oxygens (including phenoxy) is 3. The van der Waals surface area contributed by atoms with Crippen LogP contribution in [0, 0.1) is 17.8 Å². The van der Waals surface area contributed by atoms with Crippen LogP contribution < -0.4 is 14.4 Å². The van der Waals surface area contributed by atoms with Crippen LogP contribution in [-0.2, 0) is 31.2 Å². The molecule has 1 N–H and O–H groups in total. The van der Waals surface area contributed by atoms with Crippen LogP contribution in [0.4, 0.5) is 10.5 Å². The number of anilines is 1. The molecular weight excluding hydrogens is 676 g/mol. The Hall–Kier alpha value is -3.12. The van der Waals surface area contributed by atoms with E-state index in [1.165, 1.54) is 11.1 Å². The predicted molar refractivity (Wildman–Crippen MR) is 195 cm³/mol. The second-order valence-corrected chi connectivity index (χ2v) is 17.6. The third kappa shape index (κ3) is 6.90. The fourth-order valence-corrected chi connectivity index (χ4v) is 10.7. The van der Waals surface area contributed by atoms with E-state index in [4.69, 9.17) is 25.8 Å². The van der Waals surface area contributed by atoms with Gasteiger partial charge in [0.1, 0.15) is 15.7 Å². The van der Waals surface area contributed by atoms with Gasteiger partial charge in [-0.2, -0.15) is 0 Å². The maximum atomic E-state index is 14.6. The number of hydrogen-bond acceptors (Lipinski definition) is 7. The number of morpholine rings is 1. The number of nitrogens with one attached hydrogen (secondary N) is 1. The SMILES string of the molecule is CO[C@H]1/C=C/C[C@H](C)CS(=O)(NC(=O)N2C3COCC2C3)=NC(=O)c2ccc3c(c2)N(C[C@H](C)[C@H]1C)C[C@@]1(CCCc2cc(Cl)ccc21)CO3. The number of allylic oxidation sites excluding steroid dienone is 1. The number of fused-ring (bicyclic) bond motifs is 5. The van der Waals surface area contributed by atoms with Gasteiger partial charge in [-0.15, -0.1) is 4.36 Å². The van der Waals surface area contributed by atoms with Crippen LogP contribution in [0.25, 0.3) is 0 Å². The normalized spacial score (nSPS) is 34.8. The lowest BCUT2D eigenvalue weighted by Gasteiger charge is -2.51. The van der Waals surface area contributed by atoms with E-state index in [0.29, 0.717) is 50.6 Å². The van der Waals surface area contributed by atoms with Crippen LogP contribution in [0.5, 0.6) is 5.75 Å². The van der Waals surface area contributed by atoms with E-state index in [9.17, 15) is 13.8 Å². The quantitative estimate of drug-likeness (QED) is 0.357. The molecule has 5 aliphatic rings. The molecule has 12 heteroatoms. The van der Waals surface area contributed by atoms with Crippen LogP contribution >= 0.6 is 11.6 Å². The number of methoxy groups -OCH3 is 1. The van der Waals surface area contributed by atoms with Crippen molar-refractivity contribution >= 4 is 39.1 Å². The number of benzene rings is 2. The topological polar surface area (TPSA) is 110 Å². The van der Waals surface area contributed by atoms with E-state index >= 15 is 0 Å². The molecule has 1 aliphatic carbocycles. The zero-order valence-electron chi connectivity index (χ0n) is 29.4. The van der Waals surface area contributed by atoms with Crippen LogP contribution in [-0.4, -0.2) is 85.0 Å². The summed E-state index contributed by atoms with van der Waals surface area (Å²) < 4.78 is 39.8. The Morgan fingerprint density at radius 1 is 1.14 bits per heavy atom. The number of urea groups is 1. The minimum atomic E-state index is -3.48. The molecule has 2 aromatic carbocycles. The van der Waals surface area contributed by atoms with Crippen molar-refractivity contribution in [1.82, 2.24) is 9.62 Å². The molecule has 2 aromatic rings. The molecule has 4 heterocycles. The number of aryl methyl sites for hydroxylation is 1. The highest BCUT2D eigenvalue weighted by atomic mass is 35.5. The van der Waals surface area contributed by atoms with Gasteiger partial charge in [0.05, 0.1) is 49.4 Å². The number of carbonyl (C=O) groups is 2. The van der Waals surface area contributed by atoms with E-state index < -0.39 is 21.9 Å². The first kappa shape index (κ1) is 35.3. The second kappa shape index (κ2) is 14.1. The van der Waals surface area contributed by atoms with Crippen LogP contribution in [0.2, 0.25) is 5.02 Å². The Labute approximate surface area is 301 Å². The third-order valence-corrected chi connectivity index (χ3v) is 13.7. The first-order chi connectivity index (χ1) is 24.0. The molecular formula is C38H49ClN4O6S. The highest BCUT2D eigenvalue weighted by molar-refractivity contribution is 7.92. The van der Waals surface area contributed by atoms with Crippen LogP contribution in [0.3, 0.4) is 0 Å². The lowest BCUT2D eigenvalue weighted by molar-refractivity contribution is -0.0985. The highest BCUT2D eigenvalue weighted by Gasteiger charge is 2.46. The lowest BCUT2D eigenvalue weighted by Crippen LogP contribution is -2.68. The van der Waals surface area contributed by atoms with Gasteiger partial charge in [0, 0.05) is 36.2 Å². The van der Waals surface area contributed by atoms with Crippen molar-refractivity contribution in [3.63, 3.8) is 0 Å². The molecule has 0 aromatic heterocycles. The van der Waals surface area contributed by atoms with Gasteiger partial charge in [-0.1, -0.05) is 50.6 Å². The lowest BCUT2D eigenvalue weighted by atomic mass is 9.70. The number of nitrogens with zero attached hydrogens (tertiary/aromatic N) is 3. The molecule has 50 heavy (non-hydrogen) atoms. The Balaban J connectivity index is 1.28. The molecule has 2 fully saturated rings. The summed E-state index contributed by atoms with van der Waals surface area (Å²) >= 11 is 6.45. The fourth-order valence-electron chi connectivity index (χ4n) is 8.60. The summed E-state index contributed by atoms with van der Waals surface area (Å²) in [7, 11) is -1.74. The Bertz CT molecular complexity index is 1780. The summed E-state index contributed by atoms with van der Waals surface area (Å²) in [6.45, 7) is 9.24. The van der Waals surface area contributed by atoms with Crippen molar-refractivity contribution in [3.8, 4) is 5.75 Å². The number of rotatable bonds is 2. The summed E-state index contributed by atoms with van der Waals surface area (Å²) in [5.74, 6) is 0.354. The average molecular weight is 725 g/mol. The van der Waals surface area contributed by atoms with Crippen molar-refractivity contribution in [2.45, 2.75) is 76.5 Å². The number of amides is 3. The molecule has 3 amide bonds. The van der Waals surface area contributed by atoms with Crippen LogP contribution in [0.1, 0.15) is 67.9 Å². The first-order valence-electron chi connectivity index (χ1n) is 17.9. The summed E-state index contributed by atoms with van der Waals surface area (Å²) in [6.07, 6.45) is 8.44. The maximum absolute atomic E-state index is 14.6. The first-order valence-corrected chi connectivity index (χ1v) is 20.0. The second-order valence-electron chi connectivity index (χ2n) is 15.2. The monoisotopic (exact) mass is 724 g/mol. The van der Waals surface area contributed by atoms with Crippen molar-refractivity contribution in [3.05, 3.63) is 70.3 Å². The fraction of sp³-hybridized carbons (Fsp3) is 0.579.